The van der Waals surface area contributed by atoms with E-state index in [4.69, 9.17) is 11.6 Å². The van der Waals surface area contributed by atoms with Crippen LogP contribution in [0.1, 0.15) is 27.3 Å². The first-order chi connectivity index (χ1) is 12.9. The van der Waals surface area contributed by atoms with Crippen molar-refractivity contribution in [3.05, 3.63) is 88.0 Å². The topological polar surface area (TPSA) is 22.0 Å². The Labute approximate surface area is 168 Å². The molecule has 0 spiro atoms. The van der Waals surface area contributed by atoms with Gasteiger partial charge in [0.25, 0.3) is 0 Å². The highest BCUT2D eigenvalue weighted by Crippen LogP contribution is 2.23. The normalized spacial score (nSPS) is 11.0. The molecule has 3 aromatic rings. The summed E-state index contributed by atoms with van der Waals surface area (Å²) in [5.41, 5.74) is 3.90. The molecule has 0 saturated heterocycles. The van der Waals surface area contributed by atoms with Gasteiger partial charge >= 0.3 is 0 Å². The molecule has 0 N–H and O–H groups in total. The number of Topliss-reactive ketones (excluding diaryl/α,β-unsaturated/α-hetero) is 1. The second kappa shape index (κ2) is 8.77. The molecule has 1 heterocycles. The van der Waals surface area contributed by atoms with Crippen molar-refractivity contribution < 1.29 is 9.18 Å². The van der Waals surface area contributed by atoms with Crippen LogP contribution in [0.3, 0.4) is 0 Å². The number of rotatable bonds is 7. The van der Waals surface area contributed by atoms with Crippen LogP contribution in [0.4, 0.5) is 4.39 Å². The number of halogens is 2. The van der Waals surface area contributed by atoms with Crippen LogP contribution in [0.5, 0.6) is 0 Å². The van der Waals surface area contributed by atoms with Crippen molar-refractivity contribution >= 4 is 29.1 Å². The summed E-state index contributed by atoms with van der Waals surface area (Å²) in [5.74, 6) is 0.290. The van der Waals surface area contributed by atoms with Crippen LogP contribution in [-0.4, -0.2) is 16.1 Å². The average Bonchev–Trinajstić information content (AvgIpc) is 2.94. The maximum Gasteiger partial charge on any atom is 0.174 e. The van der Waals surface area contributed by atoms with Gasteiger partial charge in [-0.15, -0.1) is 11.8 Å². The van der Waals surface area contributed by atoms with E-state index in [0.29, 0.717) is 10.8 Å². The minimum atomic E-state index is -0.224. The van der Waals surface area contributed by atoms with Crippen molar-refractivity contribution in [2.75, 3.05) is 5.75 Å². The van der Waals surface area contributed by atoms with Crippen LogP contribution in [0.2, 0.25) is 5.02 Å². The summed E-state index contributed by atoms with van der Waals surface area (Å²) in [4.78, 5) is 13.7. The Balaban J connectivity index is 1.65. The molecule has 0 aliphatic heterocycles. The van der Waals surface area contributed by atoms with Crippen LogP contribution in [-0.2, 0) is 13.0 Å². The number of carbonyl (C=O) groups excluding carboxylic acids is 1. The van der Waals surface area contributed by atoms with Crippen molar-refractivity contribution in [2.24, 2.45) is 0 Å². The van der Waals surface area contributed by atoms with Crippen LogP contribution >= 0.6 is 23.4 Å². The minimum Gasteiger partial charge on any atom is -0.348 e. The molecule has 1 aromatic heterocycles. The Kier molecular flexibility index (Phi) is 6.40. The van der Waals surface area contributed by atoms with Crippen molar-refractivity contribution in [1.82, 2.24) is 4.57 Å². The third-order valence-corrected chi connectivity index (χ3v) is 5.86. The summed E-state index contributed by atoms with van der Waals surface area (Å²) < 4.78 is 15.2. The molecule has 0 bridgehead atoms. The van der Waals surface area contributed by atoms with Gasteiger partial charge in [-0.1, -0.05) is 23.7 Å². The smallest absolute Gasteiger partial charge is 0.174 e. The largest absolute Gasteiger partial charge is 0.348 e. The van der Waals surface area contributed by atoms with Gasteiger partial charge in [0.05, 0.1) is 5.75 Å². The van der Waals surface area contributed by atoms with Crippen molar-refractivity contribution in [2.45, 2.75) is 31.7 Å². The number of thioether (sulfide) groups is 1. The Bertz CT molecular complexity index is 932. The molecule has 2 aromatic carbocycles. The Morgan fingerprint density at radius 3 is 2.41 bits per heavy atom. The first-order valence-corrected chi connectivity index (χ1v) is 10.1. The van der Waals surface area contributed by atoms with Gasteiger partial charge < -0.3 is 4.57 Å². The molecular weight excluding hydrogens is 381 g/mol. The summed E-state index contributed by atoms with van der Waals surface area (Å²) in [5, 5.41) is 0.690. The van der Waals surface area contributed by atoms with E-state index in [-0.39, 0.29) is 11.6 Å². The van der Waals surface area contributed by atoms with Gasteiger partial charge in [-0.3, -0.25) is 4.79 Å². The van der Waals surface area contributed by atoms with Gasteiger partial charge in [0, 0.05) is 33.4 Å². The molecule has 0 aliphatic rings. The molecule has 0 fully saturated rings. The zero-order valence-electron chi connectivity index (χ0n) is 15.3. The van der Waals surface area contributed by atoms with Crippen molar-refractivity contribution in [1.29, 1.82) is 0 Å². The molecule has 5 heteroatoms. The van der Waals surface area contributed by atoms with Gasteiger partial charge in [-0.2, -0.15) is 0 Å². The number of nitrogens with zero attached hydrogens (tertiary/aromatic N) is 1. The lowest BCUT2D eigenvalue weighted by Gasteiger charge is -2.10. The number of aryl methyl sites for hydroxylation is 2. The standard InChI is InChI=1S/C22H21ClFNOS/c1-15-13-21(22(26)14-27-20-9-5-18(23)6-10-20)16(2)25(15)12-11-17-3-7-19(24)8-4-17/h3-10,13H,11-12,14H2,1-2H3. The molecule has 3 rings (SSSR count). The summed E-state index contributed by atoms with van der Waals surface area (Å²) in [7, 11) is 0. The average molecular weight is 402 g/mol. The van der Waals surface area contributed by atoms with Crippen LogP contribution in [0.15, 0.2) is 59.5 Å². The predicted molar refractivity (Wildman–Crippen MR) is 111 cm³/mol. The quantitative estimate of drug-likeness (QED) is 0.351. The predicted octanol–water partition coefficient (Wildman–Crippen LogP) is 6.12. The highest BCUT2D eigenvalue weighted by Gasteiger charge is 2.16. The molecule has 0 amide bonds. The third-order valence-electron chi connectivity index (χ3n) is 4.59. The summed E-state index contributed by atoms with van der Waals surface area (Å²) in [6.45, 7) is 4.76. The van der Waals surface area contributed by atoms with Crippen LogP contribution < -0.4 is 0 Å². The fourth-order valence-corrected chi connectivity index (χ4v) is 3.98. The number of carbonyl (C=O) groups is 1. The van der Waals surface area contributed by atoms with Gasteiger partial charge in [0.1, 0.15) is 5.82 Å². The Hall–Kier alpha value is -2.04. The van der Waals surface area contributed by atoms with E-state index in [1.807, 2.05) is 44.2 Å². The lowest BCUT2D eigenvalue weighted by molar-refractivity contribution is 0.102. The number of hydrogen-bond donors (Lipinski definition) is 0. The second-order valence-electron chi connectivity index (χ2n) is 6.48. The Morgan fingerprint density at radius 1 is 1.07 bits per heavy atom. The van der Waals surface area contributed by atoms with Gasteiger partial charge in [-0.05, 0) is 68.3 Å². The fourth-order valence-electron chi connectivity index (χ4n) is 3.08. The molecule has 0 saturated carbocycles. The van der Waals surface area contributed by atoms with Gasteiger partial charge in [0.2, 0.25) is 0 Å². The monoisotopic (exact) mass is 401 g/mol. The second-order valence-corrected chi connectivity index (χ2v) is 7.96. The highest BCUT2D eigenvalue weighted by atomic mass is 35.5. The molecular formula is C22H21ClFNOS. The molecule has 0 aliphatic carbocycles. The molecule has 140 valence electrons. The molecule has 2 nitrogen and oxygen atoms in total. The summed E-state index contributed by atoms with van der Waals surface area (Å²) >= 11 is 7.41. The zero-order chi connectivity index (χ0) is 19.4. The molecule has 0 atom stereocenters. The third kappa shape index (κ3) is 5.02. The number of benzene rings is 2. The zero-order valence-corrected chi connectivity index (χ0v) is 16.9. The summed E-state index contributed by atoms with van der Waals surface area (Å²) in [6.07, 6.45) is 0.795. The van der Waals surface area contributed by atoms with E-state index in [1.54, 1.807) is 12.1 Å². The van der Waals surface area contributed by atoms with Crippen LogP contribution in [0, 0.1) is 19.7 Å². The summed E-state index contributed by atoms with van der Waals surface area (Å²) in [6, 6.07) is 16.0. The van der Waals surface area contributed by atoms with Gasteiger partial charge in [0.15, 0.2) is 5.78 Å². The number of aromatic nitrogens is 1. The molecule has 0 unspecified atom stereocenters. The fraction of sp³-hybridized carbons (Fsp3) is 0.227. The number of hydrogen-bond acceptors (Lipinski definition) is 2. The first-order valence-electron chi connectivity index (χ1n) is 8.77. The number of ketones is 1. The maximum atomic E-state index is 13.0. The molecule has 27 heavy (non-hydrogen) atoms. The van der Waals surface area contributed by atoms with Crippen molar-refractivity contribution in [3.63, 3.8) is 0 Å². The lowest BCUT2D eigenvalue weighted by Crippen LogP contribution is -2.08. The van der Waals surface area contributed by atoms with E-state index >= 15 is 0 Å². The first kappa shape index (κ1) is 19.7. The van der Waals surface area contributed by atoms with E-state index < -0.39 is 0 Å². The minimum absolute atomic E-state index is 0.121. The highest BCUT2D eigenvalue weighted by molar-refractivity contribution is 8.00. The van der Waals surface area contributed by atoms with Gasteiger partial charge in [-0.25, -0.2) is 4.39 Å². The van der Waals surface area contributed by atoms with Crippen LogP contribution in [0.25, 0.3) is 0 Å². The Morgan fingerprint density at radius 2 is 1.74 bits per heavy atom. The lowest BCUT2D eigenvalue weighted by atomic mass is 10.1. The molecule has 0 radical (unpaired) electrons. The van der Waals surface area contributed by atoms with E-state index in [9.17, 15) is 9.18 Å². The SMILES string of the molecule is Cc1cc(C(=O)CSc2ccc(Cl)cc2)c(C)n1CCc1ccc(F)cc1. The van der Waals surface area contributed by atoms with Crippen molar-refractivity contribution in [3.8, 4) is 0 Å². The van der Waals surface area contributed by atoms with E-state index in [1.165, 1.54) is 23.9 Å². The van der Waals surface area contributed by atoms with E-state index in [0.717, 1.165) is 40.4 Å². The maximum absolute atomic E-state index is 13.0. The van der Waals surface area contributed by atoms with E-state index in [2.05, 4.69) is 4.57 Å².